The molecule has 0 saturated heterocycles. The van der Waals surface area contributed by atoms with Crippen LogP contribution in [0.3, 0.4) is 0 Å². The number of anilines is 3. The van der Waals surface area contributed by atoms with Gasteiger partial charge >= 0.3 is 0 Å². The van der Waals surface area contributed by atoms with Gasteiger partial charge in [-0.2, -0.15) is 0 Å². The van der Waals surface area contributed by atoms with Crippen LogP contribution >= 0.6 is 0 Å². The van der Waals surface area contributed by atoms with E-state index < -0.39 is 0 Å². The highest BCUT2D eigenvalue weighted by atomic mass is 15.2. The molecule has 220 valence electrons. The van der Waals surface area contributed by atoms with Crippen LogP contribution in [-0.4, -0.2) is 19.5 Å². The molecule has 9 aromatic rings. The van der Waals surface area contributed by atoms with Crippen molar-refractivity contribution in [3.8, 4) is 17.1 Å². The van der Waals surface area contributed by atoms with Crippen molar-refractivity contribution < 1.29 is 0 Å². The van der Waals surface area contributed by atoms with Crippen LogP contribution in [-0.2, 0) is 0 Å². The van der Waals surface area contributed by atoms with Gasteiger partial charge in [0.2, 0.25) is 0 Å². The average Bonchev–Trinajstić information content (AvgIpc) is 3.61. The van der Waals surface area contributed by atoms with Gasteiger partial charge in [-0.25, -0.2) is 9.97 Å². The number of pyridine rings is 2. The van der Waals surface area contributed by atoms with Crippen LogP contribution in [0.2, 0.25) is 0 Å². The van der Waals surface area contributed by atoms with E-state index in [-0.39, 0.29) is 0 Å². The van der Waals surface area contributed by atoms with E-state index in [1.54, 1.807) is 0 Å². The summed E-state index contributed by atoms with van der Waals surface area (Å²) in [5, 5.41) is 4.79. The fraction of sp³-hybridized carbons (Fsp3) is 0. The first kappa shape index (κ1) is 25.8. The van der Waals surface area contributed by atoms with E-state index in [1.807, 2.05) is 18.3 Å². The van der Waals surface area contributed by atoms with Gasteiger partial charge in [0.15, 0.2) is 0 Å². The summed E-state index contributed by atoms with van der Waals surface area (Å²) in [5.41, 5.74) is 10.9. The van der Waals surface area contributed by atoms with Gasteiger partial charge in [0, 0.05) is 38.8 Å². The van der Waals surface area contributed by atoms with Crippen LogP contribution in [0.1, 0.15) is 11.1 Å². The van der Waals surface area contributed by atoms with Crippen molar-refractivity contribution in [1.82, 2.24) is 19.5 Å². The second kappa shape index (κ2) is 10.0. The summed E-state index contributed by atoms with van der Waals surface area (Å²) in [6, 6.07) is 49.1. The van der Waals surface area contributed by atoms with Crippen molar-refractivity contribution in [3.63, 3.8) is 0 Å². The van der Waals surface area contributed by atoms with E-state index in [0.717, 1.165) is 67.5 Å². The molecule has 5 aromatic carbocycles. The largest absolute Gasteiger partial charge is 0.354 e. The molecular formula is C42H27N5. The molecule has 0 fully saturated rings. The van der Waals surface area contributed by atoms with Gasteiger partial charge in [-0.15, -0.1) is 0 Å². The van der Waals surface area contributed by atoms with E-state index in [9.17, 15) is 0 Å². The second-order valence-corrected chi connectivity index (χ2v) is 12.0. The smallest absolute Gasteiger partial charge is 0.138 e. The van der Waals surface area contributed by atoms with Crippen molar-refractivity contribution in [2.45, 2.75) is 0 Å². The number of nitrogens with zero attached hydrogens (tertiary/aromatic N) is 4. The summed E-state index contributed by atoms with van der Waals surface area (Å²) < 4.78 is 2.30. The SMILES string of the molecule is C1=Cc2cc3c4ccccc4n(-c4cccc(-c5cccc6c5[nH]c5ccccc56)n4)c3cc2N(c2ccccn2)c2ccccc21. The van der Waals surface area contributed by atoms with Crippen molar-refractivity contribution in [2.24, 2.45) is 0 Å². The van der Waals surface area contributed by atoms with Crippen LogP contribution < -0.4 is 4.90 Å². The molecule has 1 aliphatic rings. The van der Waals surface area contributed by atoms with Crippen molar-refractivity contribution in [2.75, 3.05) is 4.90 Å². The van der Waals surface area contributed by atoms with Gasteiger partial charge in [-0.3, -0.25) is 9.47 Å². The molecule has 0 amide bonds. The lowest BCUT2D eigenvalue weighted by molar-refractivity contribution is 1.08. The quantitative estimate of drug-likeness (QED) is 0.219. The first-order valence-corrected chi connectivity index (χ1v) is 15.8. The molecule has 0 spiro atoms. The van der Waals surface area contributed by atoms with Crippen LogP contribution in [0.5, 0.6) is 0 Å². The minimum absolute atomic E-state index is 0.871. The fourth-order valence-electron chi connectivity index (χ4n) is 7.25. The van der Waals surface area contributed by atoms with Gasteiger partial charge in [-0.1, -0.05) is 97.1 Å². The summed E-state index contributed by atoms with van der Waals surface area (Å²) in [6.07, 6.45) is 6.29. The number of fused-ring (bicyclic) bond motifs is 8. The first-order valence-electron chi connectivity index (χ1n) is 15.8. The number of para-hydroxylation sites is 4. The fourth-order valence-corrected chi connectivity index (χ4v) is 7.25. The number of H-pyrrole nitrogens is 1. The molecule has 1 aliphatic heterocycles. The van der Waals surface area contributed by atoms with E-state index in [4.69, 9.17) is 9.97 Å². The van der Waals surface area contributed by atoms with E-state index in [2.05, 4.69) is 154 Å². The zero-order valence-electron chi connectivity index (χ0n) is 25.3. The average molecular weight is 602 g/mol. The first-order chi connectivity index (χ1) is 23.3. The Labute approximate surface area is 270 Å². The number of benzene rings is 5. The van der Waals surface area contributed by atoms with E-state index in [0.29, 0.717) is 0 Å². The molecule has 0 aliphatic carbocycles. The molecular weight excluding hydrogens is 574 g/mol. The topological polar surface area (TPSA) is 49.7 Å². The molecule has 5 heterocycles. The van der Waals surface area contributed by atoms with Crippen molar-refractivity contribution >= 4 is 73.0 Å². The molecule has 0 radical (unpaired) electrons. The zero-order valence-corrected chi connectivity index (χ0v) is 25.3. The lowest BCUT2D eigenvalue weighted by Crippen LogP contribution is -2.13. The number of nitrogens with one attached hydrogen (secondary N) is 1. The van der Waals surface area contributed by atoms with Gasteiger partial charge in [0.05, 0.1) is 33.6 Å². The predicted octanol–water partition coefficient (Wildman–Crippen LogP) is 10.8. The number of aromatic nitrogens is 4. The van der Waals surface area contributed by atoms with Crippen LogP contribution in [0.15, 0.2) is 146 Å². The lowest BCUT2D eigenvalue weighted by atomic mass is 10.1. The highest BCUT2D eigenvalue weighted by Crippen LogP contribution is 2.45. The van der Waals surface area contributed by atoms with Crippen LogP contribution in [0.4, 0.5) is 17.2 Å². The summed E-state index contributed by atoms with van der Waals surface area (Å²) >= 11 is 0. The number of rotatable bonds is 3. The summed E-state index contributed by atoms with van der Waals surface area (Å²) in [5.74, 6) is 1.74. The summed E-state index contributed by atoms with van der Waals surface area (Å²) in [4.78, 5) is 16.1. The molecule has 4 aromatic heterocycles. The van der Waals surface area contributed by atoms with E-state index in [1.165, 1.54) is 21.5 Å². The highest BCUT2D eigenvalue weighted by Gasteiger charge is 2.24. The Kier molecular flexibility index (Phi) is 5.51. The Morgan fingerprint density at radius 1 is 0.511 bits per heavy atom. The zero-order chi connectivity index (χ0) is 30.9. The van der Waals surface area contributed by atoms with Crippen molar-refractivity contribution in [3.05, 3.63) is 157 Å². The molecule has 0 saturated carbocycles. The molecule has 0 bridgehead atoms. The maximum absolute atomic E-state index is 5.35. The minimum Gasteiger partial charge on any atom is -0.354 e. The molecule has 47 heavy (non-hydrogen) atoms. The Morgan fingerprint density at radius 3 is 2.21 bits per heavy atom. The third-order valence-electron chi connectivity index (χ3n) is 9.34. The third kappa shape index (κ3) is 3.90. The molecule has 10 rings (SSSR count). The monoisotopic (exact) mass is 601 g/mol. The number of hydrogen-bond acceptors (Lipinski definition) is 3. The number of hydrogen-bond donors (Lipinski definition) is 1. The Bertz CT molecular complexity index is 2700. The van der Waals surface area contributed by atoms with Crippen LogP contribution in [0.25, 0.3) is 72.8 Å². The van der Waals surface area contributed by atoms with Crippen LogP contribution in [0, 0.1) is 0 Å². The standard InChI is InChI=1S/C42H27N5/c1-5-18-36-27(11-1)22-23-28-25-33-30-13-3-6-19-37(30)47(39(33)26-38(28)46(36)40-20-7-8-24-43-40)41-21-10-17-35(44-41)32-15-9-14-31-29-12-2-4-16-34(29)45-42(31)32/h1-26,45H. The third-order valence-corrected chi connectivity index (χ3v) is 9.34. The van der Waals surface area contributed by atoms with Gasteiger partial charge in [-0.05, 0) is 65.7 Å². The second-order valence-electron chi connectivity index (χ2n) is 12.0. The summed E-state index contributed by atoms with van der Waals surface area (Å²) in [7, 11) is 0. The minimum atomic E-state index is 0.871. The lowest BCUT2D eigenvalue weighted by Gasteiger charge is -2.26. The van der Waals surface area contributed by atoms with Gasteiger partial charge in [0.1, 0.15) is 11.6 Å². The Morgan fingerprint density at radius 2 is 1.28 bits per heavy atom. The normalized spacial score (nSPS) is 12.6. The van der Waals surface area contributed by atoms with Crippen molar-refractivity contribution in [1.29, 1.82) is 0 Å². The van der Waals surface area contributed by atoms with E-state index >= 15 is 0 Å². The molecule has 0 unspecified atom stereocenters. The Balaban J connectivity index is 1.23. The maximum Gasteiger partial charge on any atom is 0.138 e. The number of aromatic amines is 1. The molecule has 5 heteroatoms. The maximum atomic E-state index is 5.35. The highest BCUT2D eigenvalue weighted by molar-refractivity contribution is 6.13. The van der Waals surface area contributed by atoms with Gasteiger partial charge < -0.3 is 4.98 Å². The Hall–Kier alpha value is -6.46. The summed E-state index contributed by atoms with van der Waals surface area (Å²) in [6.45, 7) is 0. The molecule has 1 N–H and O–H groups in total. The molecule has 0 atom stereocenters. The van der Waals surface area contributed by atoms with Gasteiger partial charge in [0.25, 0.3) is 0 Å². The molecule has 5 nitrogen and oxygen atoms in total. The predicted molar refractivity (Wildman–Crippen MR) is 195 cm³/mol.